The van der Waals surface area contributed by atoms with Crippen LogP contribution in [0.4, 0.5) is 0 Å². The van der Waals surface area contributed by atoms with Crippen molar-refractivity contribution >= 4 is 10.0 Å². The third-order valence-corrected chi connectivity index (χ3v) is 6.39. The molecule has 1 saturated heterocycles. The van der Waals surface area contributed by atoms with Crippen molar-refractivity contribution in [1.82, 2.24) is 9.62 Å². The van der Waals surface area contributed by atoms with Gasteiger partial charge >= 0.3 is 0 Å². The van der Waals surface area contributed by atoms with Gasteiger partial charge in [0.25, 0.3) is 0 Å². The van der Waals surface area contributed by atoms with Crippen molar-refractivity contribution in [3.05, 3.63) is 24.3 Å². The molecule has 1 aromatic rings. The maximum atomic E-state index is 12.5. The van der Waals surface area contributed by atoms with Crippen LogP contribution in [-0.4, -0.2) is 44.6 Å². The van der Waals surface area contributed by atoms with Crippen molar-refractivity contribution in [3.8, 4) is 5.75 Å². The van der Waals surface area contributed by atoms with E-state index in [0.717, 1.165) is 13.1 Å². The molecule has 0 radical (unpaired) electrons. The molecule has 2 fully saturated rings. The Labute approximate surface area is 125 Å². The molecule has 0 aromatic heterocycles. The summed E-state index contributed by atoms with van der Waals surface area (Å²) in [6.45, 7) is 1.56. The van der Waals surface area contributed by atoms with Gasteiger partial charge in [-0.25, -0.2) is 13.1 Å². The minimum absolute atomic E-state index is 0.0935. The van der Waals surface area contributed by atoms with Crippen molar-refractivity contribution in [3.63, 3.8) is 0 Å². The van der Waals surface area contributed by atoms with Crippen molar-refractivity contribution in [1.29, 1.82) is 0 Å². The van der Waals surface area contributed by atoms with E-state index in [2.05, 4.69) is 9.62 Å². The van der Waals surface area contributed by atoms with Crippen molar-refractivity contribution < 1.29 is 13.2 Å². The van der Waals surface area contributed by atoms with Crippen LogP contribution in [0.15, 0.2) is 29.2 Å². The molecule has 21 heavy (non-hydrogen) atoms. The first-order valence-corrected chi connectivity index (χ1v) is 9.14. The molecule has 2 atom stereocenters. The second kappa shape index (κ2) is 4.97. The maximum absolute atomic E-state index is 12.5. The van der Waals surface area contributed by atoms with E-state index in [1.165, 1.54) is 25.7 Å². The molecule has 2 aliphatic heterocycles. The average Bonchev–Trinajstić information content (AvgIpc) is 3.07. The summed E-state index contributed by atoms with van der Waals surface area (Å²) < 4.78 is 33.8. The van der Waals surface area contributed by atoms with E-state index in [-0.39, 0.29) is 17.0 Å². The zero-order chi connectivity index (χ0) is 14.4. The van der Waals surface area contributed by atoms with Crippen LogP contribution in [0, 0.1) is 0 Å². The zero-order valence-corrected chi connectivity index (χ0v) is 12.7. The highest BCUT2D eigenvalue weighted by Gasteiger charge is 2.43. The number of likely N-dealkylation sites (tertiary alicyclic amines) is 1. The summed E-state index contributed by atoms with van der Waals surface area (Å²) in [5, 5.41) is 0. The van der Waals surface area contributed by atoms with Crippen molar-refractivity contribution in [2.45, 2.75) is 48.8 Å². The Morgan fingerprint density at radius 3 is 2.71 bits per heavy atom. The molecule has 1 saturated carbocycles. The smallest absolute Gasteiger partial charge is 0.244 e. The lowest BCUT2D eigenvalue weighted by atomic mass is 10.2. The Kier molecular flexibility index (Phi) is 3.20. The number of ether oxygens (including phenoxy) is 1. The van der Waals surface area contributed by atoms with E-state index in [1.54, 1.807) is 18.2 Å². The summed E-state index contributed by atoms with van der Waals surface area (Å²) in [7, 11) is -3.48. The fourth-order valence-corrected chi connectivity index (χ4v) is 5.19. The Morgan fingerprint density at radius 1 is 1.14 bits per heavy atom. The summed E-state index contributed by atoms with van der Waals surface area (Å²) >= 11 is 0. The molecule has 0 spiro atoms. The Hall–Kier alpha value is -1.11. The monoisotopic (exact) mass is 308 g/mol. The summed E-state index contributed by atoms with van der Waals surface area (Å²) in [6, 6.07) is 7.34. The van der Waals surface area contributed by atoms with Crippen LogP contribution in [0.5, 0.6) is 5.75 Å². The molecule has 3 aliphatic rings. The molecular formula is C15H20N2O3S. The highest BCUT2D eigenvalue weighted by atomic mass is 32.2. The Bertz CT molecular complexity index is 640. The molecule has 4 rings (SSSR count). The molecule has 2 heterocycles. The van der Waals surface area contributed by atoms with Gasteiger partial charge in [-0.05, 0) is 25.0 Å². The lowest BCUT2D eigenvalue weighted by molar-refractivity contribution is 0.170. The molecule has 1 aliphatic carbocycles. The van der Waals surface area contributed by atoms with Gasteiger partial charge in [-0.1, -0.05) is 25.0 Å². The average molecular weight is 308 g/mol. The van der Waals surface area contributed by atoms with E-state index >= 15 is 0 Å². The van der Waals surface area contributed by atoms with Gasteiger partial charge in [-0.15, -0.1) is 0 Å². The van der Waals surface area contributed by atoms with Crippen LogP contribution in [0.25, 0.3) is 0 Å². The first-order valence-electron chi connectivity index (χ1n) is 7.65. The van der Waals surface area contributed by atoms with Gasteiger partial charge in [0.05, 0.1) is 6.04 Å². The normalized spacial score (nSPS) is 32.2. The SMILES string of the molecule is O=S1(=O)N[C@@H]2CN(C3CCCC3)C[C@@H]2Oc2ccccc21. The van der Waals surface area contributed by atoms with Crippen LogP contribution in [0.1, 0.15) is 25.7 Å². The highest BCUT2D eigenvalue weighted by Crippen LogP contribution is 2.33. The van der Waals surface area contributed by atoms with Gasteiger partial charge in [0.1, 0.15) is 16.7 Å². The quantitative estimate of drug-likeness (QED) is 0.851. The minimum atomic E-state index is -3.48. The first kappa shape index (κ1) is 13.5. The zero-order valence-electron chi connectivity index (χ0n) is 11.9. The fourth-order valence-electron chi connectivity index (χ4n) is 3.80. The van der Waals surface area contributed by atoms with Crippen LogP contribution in [-0.2, 0) is 10.0 Å². The number of nitrogens with zero attached hydrogens (tertiary/aromatic N) is 1. The fraction of sp³-hybridized carbons (Fsp3) is 0.600. The number of hydrogen-bond acceptors (Lipinski definition) is 4. The third kappa shape index (κ3) is 2.35. The van der Waals surface area contributed by atoms with E-state index in [4.69, 9.17) is 4.74 Å². The van der Waals surface area contributed by atoms with Gasteiger partial charge < -0.3 is 4.74 Å². The maximum Gasteiger partial charge on any atom is 0.244 e. The van der Waals surface area contributed by atoms with E-state index < -0.39 is 10.0 Å². The van der Waals surface area contributed by atoms with Crippen LogP contribution in [0.3, 0.4) is 0 Å². The third-order valence-electron chi connectivity index (χ3n) is 4.86. The summed E-state index contributed by atoms with van der Waals surface area (Å²) in [4.78, 5) is 2.66. The van der Waals surface area contributed by atoms with Gasteiger partial charge in [0.15, 0.2) is 0 Å². The summed E-state index contributed by atoms with van der Waals surface area (Å²) in [6.07, 6.45) is 4.92. The van der Waals surface area contributed by atoms with E-state index in [0.29, 0.717) is 11.8 Å². The molecule has 1 aromatic carbocycles. The summed E-state index contributed by atoms with van der Waals surface area (Å²) in [5.41, 5.74) is 0. The largest absolute Gasteiger partial charge is 0.486 e. The molecule has 5 nitrogen and oxygen atoms in total. The topological polar surface area (TPSA) is 58.6 Å². The Balaban J connectivity index is 1.63. The Morgan fingerprint density at radius 2 is 1.90 bits per heavy atom. The number of hydrogen-bond donors (Lipinski definition) is 1. The standard InChI is InChI=1S/C15H20N2O3S/c18-21(19)15-8-4-3-7-13(15)20-14-10-17(9-12(14)16-21)11-5-1-2-6-11/h3-4,7-8,11-12,14,16H,1-2,5-6,9-10H2/t12-,14+/m1/s1. The molecular weight excluding hydrogens is 288 g/mol. The van der Waals surface area contributed by atoms with Gasteiger partial charge in [0, 0.05) is 19.1 Å². The molecule has 0 amide bonds. The predicted molar refractivity (Wildman–Crippen MR) is 78.8 cm³/mol. The van der Waals surface area contributed by atoms with Gasteiger partial charge in [0.2, 0.25) is 10.0 Å². The first-order chi connectivity index (χ1) is 10.1. The lowest BCUT2D eigenvalue weighted by Crippen LogP contribution is -2.42. The molecule has 0 bridgehead atoms. The molecule has 114 valence electrons. The molecule has 0 unspecified atom stereocenters. The number of nitrogens with one attached hydrogen (secondary N) is 1. The highest BCUT2D eigenvalue weighted by molar-refractivity contribution is 7.89. The summed E-state index contributed by atoms with van der Waals surface area (Å²) in [5.74, 6) is 0.478. The van der Waals surface area contributed by atoms with Gasteiger partial charge in [-0.2, -0.15) is 0 Å². The number of sulfonamides is 1. The van der Waals surface area contributed by atoms with E-state index in [9.17, 15) is 8.42 Å². The second-order valence-electron chi connectivity index (χ2n) is 6.22. The van der Waals surface area contributed by atoms with Crippen LogP contribution < -0.4 is 9.46 Å². The number of benzene rings is 1. The van der Waals surface area contributed by atoms with Crippen LogP contribution in [0.2, 0.25) is 0 Å². The second-order valence-corrected chi connectivity index (χ2v) is 7.91. The van der Waals surface area contributed by atoms with Crippen LogP contribution >= 0.6 is 0 Å². The molecule has 6 heteroatoms. The number of rotatable bonds is 1. The molecule has 1 N–H and O–H groups in total. The van der Waals surface area contributed by atoms with Crippen molar-refractivity contribution in [2.75, 3.05) is 13.1 Å². The lowest BCUT2D eigenvalue weighted by Gasteiger charge is -2.23. The number of fused-ring (bicyclic) bond motifs is 2. The number of para-hydroxylation sites is 1. The van der Waals surface area contributed by atoms with E-state index in [1.807, 2.05) is 6.07 Å². The predicted octanol–water partition coefficient (Wildman–Crippen LogP) is 1.35. The minimum Gasteiger partial charge on any atom is -0.486 e. The van der Waals surface area contributed by atoms with Gasteiger partial charge in [-0.3, -0.25) is 4.90 Å². The van der Waals surface area contributed by atoms with Crippen molar-refractivity contribution in [2.24, 2.45) is 0 Å².